The molecule has 0 atom stereocenters. The first-order valence-corrected chi connectivity index (χ1v) is 4.82. The van der Waals surface area contributed by atoms with Crippen LogP contribution in [0.5, 0.6) is 0 Å². The van der Waals surface area contributed by atoms with Crippen molar-refractivity contribution in [1.29, 1.82) is 0 Å². The van der Waals surface area contributed by atoms with Crippen molar-refractivity contribution in [3.63, 3.8) is 0 Å². The van der Waals surface area contributed by atoms with E-state index >= 15 is 0 Å². The third kappa shape index (κ3) is 1.92. The molecule has 1 amide bonds. The summed E-state index contributed by atoms with van der Waals surface area (Å²) in [6.45, 7) is 2.09. The third-order valence-corrected chi connectivity index (χ3v) is 2.46. The highest BCUT2D eigenvalue weighted by Gasteiger charge is 2.25. The molecule has 1 fully saturated rings. The average Bonchev–Trinajstić information content (AvgIpc) is 2.45. The predicted octanol–water partition coefficient (Wildman–Crippen LogP) is 0.794. The van der Waals surface area contributed by atoms with Gasteiger partial charge in [-0.05, 0) is 19.8 Å². The predicted molar refractivity (Wildman–Crippen MR) is 48.2 cm³/mol. The van der Waals surface area contributed by atoms with Crippen molar-refractivity contribution < 1.29 is 9.32 Å². The van der Waals surface area contributed by atoms with E-state index in [9.17, 15) is 4.79 Å². The number of amides is 1. The van der Waals surface area contributed by atoms with Gasteiger partial charge in [0.25, 0.3) is 0 Å². The Kier molecular flexibility index (Phi) is 2.47. The van der Waals surface area contributed by atoms with E-state index in [4.69, 9.17) is 4.52 Å². The maximum absolute atomic E-state index is 11.4. The largest absolute Gasteiger partial charge is 0.347 e. The number of nitrogens with zero attached hydrogens (tertiary/aromatic N) is 2. The summed E-state index contributed by atoms with van der Waals surface area (Å²) in [6.07, 6.45) is 3.18. The van der Waals surface area contributed by atoms with Crippen LogP contribution >= 0.6 is 0 Å². The molecular formula is C9H13N3O2. The Hall–Kier alpha value is -1.39. The smallest absolute Gasteiger partial charge is 0.246 e. The van der Waals surface area contributed by atoms with Crippen molar-refractivity contribution in [3.05, 3.63) is 11.7 Å². The van der Waals surface area contributed by atoms with Crippen LogP contribution in [-0.4, -0.2) is 16.0 Å². The average molecular weight is 195 g/mol. The van der Waals surface area contributed by atoms with Gasteiger partial charge in [-0.25, -0.2) is 0 Å². The molecule has 1 heterocycles. The highest BCUT2D eigenvalue weighted by atomic mass is 16.5. The summed E-state index contributed by atoms with van der Waals surface area (Å²) in [7, 11) is 0. The van der Waals surface area contributed by atoms with Crippen LogP contribution in [0.3, 0.4) is 0 Å². The molecule has 2 rings (SSSR count). The minimum Gasteiger partial charge on any atom is -0.347 e. The van der Waals surface area contributed by atoms with Crippen LogP contribution in [0, 0.1) is 12.8 Å². The van der Waals surface area contributed by atoms with E-state index < -0.39 is 0 Å². The lowest BCUT2D eigenvalue weighted by molar-refractivity contribution is -0.127. The molecular weight excluding hydrogens is 182 g/mol. The second-order valence-electron chi connectivity index (χ2n) is 3.58. The first kappa shape index (κ1) is 9.18. The lowest BCUT2D eigenvalue weighted by Crippen LogP contribution is -2.34. The van der Waals surface area contributed by atoms with Gasteiger partial charge in [-0.1, -0.05) is 11.6 Å². The fourth-order valence-electron chi connectivity index (χ4n) is 1.39. The molecule has 1 saturated carbocycles. The van der Waals surface area contributed by atoms with Crippen LogP contribution in [0.4, 0.5) is 0 Å². The third-order valence-electron chi connectivity index (χ3n) is 2.46. The molecule has 5 heteroatoms. The van der Waals surface area contributed by atoms with Crippen LogP contribution in [-0.2, 0) is 11.3 Å². The van der Waals surface area contributed by atoms with Gasteiger partial charge in [0.2, 0.25) is 11.8 Å². The zero-order valence-electron chi connectivity index (χ0n) is 8.12. The molecule has 14 heavy (non-hydrogen) atoms. The molecule has 0 aromatic carbocycles. The molecule has 76 valence electrons. The van der Waals surface area contributed by atoms with Crippen LogP contribution in [0.15, 0.2) is 4.52 Å². The fourth-order valence-corrected chi connectivity index (χ4v) is 1.39. The molecule has 0 spiro atoms. The molecule has 1 aliphatic rings. The van der Waals surface area contributed by atoms with Crippen LogP contribution < -0.4 is 5.32 Å². The highest BCUT2D eigenvalue weighted by Crippen LogP contribution is 2.26. The zero-order valence-corrected chi connectivity index (χ0v) is 8.12. The van der Waals surface area contributed by atoms with Crippen LogP contribution in [0.2, 0.25) is 0 Å². The quantitative estimate of drug-likeness (QED) is 0.774. The summed E-state index contributed by atoms with van der Waals surface area (Å²) >= 11 is 0. The Morgan fingerprint density at radius 3 is 2.93 bits per heavy atom. The van der Waals surface area contributed by atoms with Crippen molar-refractivity contribution in [2.75, 3.05) is 0 Å². The first-order chi connectivity index (χ1) is 6.75. The van der Waals surface area contributed by atoms with Gasteiger partial charge in [-0.3, -0.25) is 4.79 Å². The number of aryl methyl sites for hydroxylation is 1. The molecule has 0 saturated heterocycles. The molecule has 0 bridgehead atoms. The minimum atomic E-state index is 0.104. The maximum atomic E-state index is 11.4. The number of nitrogens with one attached hydrogen (secondary N) is 1. The van der Waals surface area contributed by atoms with E-state index in [-0.39, 0.29) is 11.8 Å². The van der Waals surface area contributed by atoms with E-state index in [0.29, 0.717) is 18.3 Å². The van der Waals surface area contributed by atoms with E-state index in [1.165, 1.54) is 0 Å². The highest BCUT2D eigenvalue weighted by molar-refractivity contribution is 5.79. The SMILES string of the molecule is Cc1noc(CNC(=O)C2CCC2)n1. The van der Waals surface area contributed by atoms with E-state index in [1.807, 2.05) is 0 Å². The number of aromatic nitrogens is 2. The number of carbonyl (C=O) groups is 1. The van der Waals surface area contributed by atoms with Gasteiger partial charge in [-0.2, -0.15) is 4.98 Å². The van der Waals surface area contributed by atoms with Gasteiger partial charge in [0.1, 0.15) is 0 Å². The van der Waals surface area contributed by atoms with Crippen molar-refractivity contribution in [1.82, 2.24) is 15.5 Å². The number of hydrogen-bond donors (Lipinski definition) is 1. The molecule has 0 unspecified atom stereocenters. The van der Waals surface area contributed by atoms with Gasteiger partial charge in [-0.15, -0.1) is 0 Å². The molecule has 1 aliphatic carbocycles. The second-order valence-corrected chi connectivity index (χ2v) is 3.58. The van der Waals surface area contributed by atoms with Crippen LogP contribution in [0.25, 0.3) is 0 Å². The van der Waals surface area contributed by atoms with Gasteiger partial charge in [0.15, 0.2) is 5.82 Å². The summed E-state index contributed by atoms with van der Waals surface area (Å²) in [5, 5.41) is 6.42. The summed E-state index contributed by atoms with van der Waals surface area (Å²) in [5.74, 6) is 1.37. The number of hydrogen-bond acceptors (Lipinski definition) is 4. The lowest BCUT2D eigenvalue weighted by Gasteiger charge is -2.23. The zero-order chi connectivity index (χ0) is 9.97. The molecule has 1 N–H and O–H groups in total. The van der Waals surface area contributed by atoms with E-state index in [0.717, 1.165) is 19.3 Å². The van der Waals surface area contributed by atoms with Crippen molar-refractivity contribution in [2.45, 2.75) is 32.7 Å². The Labute approximate surface area is 81.9 Å². The molecule has 0 radical (unpaired) electrons. The Morgan fingerprint density at radius 2 is 2.43 bits per heavy atom. The summed E-state index contributed by atoms with van der Waals surface area (Å²) < 4.78 is 4.87. The molecule has 1 aromatic heterocycles. The summed E-state index contributed by atoms with van der Waals surface area (Å²) in [6, 6.07) is 0. The van der Waals surface area contributed by atoms with Gasteiger partial charge in [0, 0.05) is 5.92 Å². The fraction of sp³-hybridized carbons (Fsp3) is 0.667. The summed E-state index contributed by atoms with van der Waals surface area (Å²) in [4.78, 5) is 15.4. The number of rotatable bonds is 3. The Bertz CT molecular complexity index is 331. The molecule has 0 aliphatic heterocycles. The Morgan fingerprint density at radius 1 is 1.64 bits per heavy atom. The van der Waals surface area contributed by atoms with Crippen LogP contribution in [0.1, 0.15) is 31.0 Å². The van der Waals surface area contributed by atoms with E-state index in [1.54, 1.807) is 6.92 Å². The first-order valence-electron chi connectivity index (χ1n) is 4.82. The van der Waals surface area contributed by atoms with Crippen molar-refractivity contribution >= 4 is 5.91 Å². The molecule has 1 aromatic rings. The monoisotopic (exact) mass is 195 g/mol. The second kappa shape index (κ2) is 3.77. The topological polar surface area (TPSA) is 68.0 Å². The number of carbonyl (C=O) groups excluding carboxylic acids is 1. The summed E-state index contributed by atoms with van der Waals surface area (Å²) in [5.41, 5.74) is 0. The van der Waals surface area contributed by atoms with Crippen molar-refractivity contribution in [3.8, 4) is 0 Å². The van der Waals surface area contributed by atoms with E-state index in [2.05, 4.69) is 15.5 Å². The van der Waals surface area contributed by atoms with Crippen molar-refractivity contribution in [2.24, 2.45) is 5.92 Å². The lowest BCUT2D eigenvalue weighted by atomic mass is 9.85. The minimum absolute atomic E-state index is 0.104. The van der Waals surface area contributed by atoms with Gasteiger partial charge in [0.05, 0.1) is 6.54 Å². The normalized spacial score (nSPS) is 16.4. The maximum Gasteiger partial charge on any atom is 0.246 e. The van der Waals surface area contributed by atoms with Gasteiger partial charge >= 0.3 is 0 Å². The Balaban J connectivity index is 1.79. The molecule has 5 nitrogen and oxygen atoms in total. The van der Waals surface area contributed by atoms with Gasteiger partial charge < -0.3 is 9.84 Å². The standard InChI is InChI=1S/C9H13N3O2/c1-6-11-8(14-12-6)5-10-9(13)7-3-2-4-7/h7H,2-5H2,1H3,(H,10,13).